The van der Waals surface area contributed by atoms with Gasteiger partial charge in [0.25, 0.3) is 0 Å². The van der Waals surface area contributed by atoms with Crippen LogP contribution in [0.1, 0.15) is 34.3 Å². The van der Waals surface area contributed by atoms with E-state index in [1.54, 1.807) is 43.3 Å². The van der Waals surface area contributed by atoms with Crippen molar-refractivity contribution in [1.29, 1.82) is 0 Å². The molecule has 0 bridgehead atoms. The summed E-state index contributed by atoms with van der Waals surface area (Å²) in [5, 5.41) is 8.91. The Balaban J connectivity index is 2.31. The van der Waals surface area contributed by atoms with E-state index in [9.17, 15) is 9.59 Å². The molecule has 0 aliphatic rings. The van der Waals surface area contributed by atoms with Crippen LogP contribution in [0.4, 0.5) is 0 Å². The van der Waals surface area contributed by atoms with Gasteiger partial charge in [0.2, 0.25) is 0 Å². The van der Waals surface area contributed by atoms with Gasteiger partial charge in [-0.05, 0) is 11.6 Å². The number of aliphatic hydroxyl groups excluding tert-OH is 1. The summed E-state index contributed by atoms with van der Waals surface area (Å²) in [5.74, 6) is -0.742. The van der Waals surface area contributed by atoms with Crippen molar-refractivity contribution in [3.63, 3.8) is 0 Å². The molecule has 0 radical (unpaired) electrons. The van der Waals surface area contributed by atoms with Gasteiger partial charge in [-0.3, -0.25) is 9.59 Å². The van der Waals surface area contributed by atoms with Gasteiger partial charge in [0.15, 0.2) is 11.6 Å². The molecule has 0 saturated heterocycles. The van der Waals surface area contributed by atoms with E-state index in [1.165, 1.54) is 0 Å². The molecule has 0 aliphatic carbocycles. The lowest BCUT2D eigenvalue weighted by Crippen LogP contribution is -2.13. The van der Waals surface area contributed by atoms with Crippen molar-refractivity contribution < 1.29 is 14.7 Å². The van der Waals surface area contributed by atoms with E-state index >= 15 is 0 Å². The van der Waals surface area contributed by atoms with Crippen LogP contribution in [0.3, 0.4) is 0 Å². The molecule has 0 heterocycles. The molecule has 2 rings (SSSR count). The molecule has 3 heteroatoms. The first kappa shape index (κ1) is 14.2. The second-order valence-corrected chi connectivity index (χ2v) is 4.67. The molecular weight excluding hydrogens is 252 g/mol. The van der Waals surface area contributed by atoms with Crippen molar-refractivity contribution >= 4 is 11.6 Å². The Labute approximate surface area is 117 Å². The Hall–Kier alpha value is -2.26. The number of rotatable bonds is 5. The Morgan fingerprint density at radius 3 is 2.30 bits per heavy atom. The fourth-order valence-electron chi connectivity index (χ4n) is 2.03. The van der Waals surface area contributed by atoms with Gasteiger partial charge < -0.3 is 5.11 Å². The molecule has 1 atom stereocenters. The van der Waals surface area contributed by atoms with Gasteiger partial charge in [0.1, 0.15) is 6.61 Å². The third-order valence-corrected chi connectivity index (χ3v) is 3.32. The number of aliphatic hydroxyl groups is 1. The van der Waals surface area contributed by atoms with Gasteiger partial charge in [-0.2, -0.15) is 0 Å². The normalized spacial score (nSPS) is 11.9. The van der Waals surface area contributed by atoms with Crippen molar-refractivity contribution in [3.8, 4) is 0 Å². The highest BCUT2D eigenvalue weighted by Gasteiger charge is 2.16. The number of carbonyl (C=O) groups is 2. The monoisotopic (exact) mass is 268 g/mol. The molecule has 0 aliphatic heterocycles. The molecule has 2 aromatic carbocycles. The Morgan fingerprint density at radius 2 is 1.65 bits per heavy atom. The van der Waals surface area contributed by atoms with Gasteiger partial charge >= 0.3 is 0 Å². The highest BCUT2D eigenvalue weighted by atomic mass is 16.3. The summed E-state index contributed by atoms with van der Waals surface area (Å²) in [4.78, 5) is 23.9. The summed E-state index contributed by atoms with van der Waals surface area (Å²) < 4.78 is 0. The molecule has 2 aromatic rings. The van der Waals surface area contributed by atoms with Gasteiger partial charge in [-0.25, -0.2) is 0 Å². The average Bonchev–Trinajstić information content (AvgIpc) is 2.53. The smallest absolute Gasteiger partial charge is 0.193 e. The van der Waals surface area contributed by atoms with Gasteiger partial charge in [0.05, 0.1) is 0 Å². The van der Waals surface area contributed by atoms with Crippen LogP contribution in [-0.2, 0) is 4.79 Å². The third-order valence-electron chi connectivity index (χ3n) is 3.32. The number of hydrogen-bond acceptors (Lipinski definition) is 3. The number of hydrogen-bond donors (Lipinski definition) is 1. The number of carbonyl (C=O) groups excluding carboxylic acids is 2. The Morgan fingerprint density at radius 1 is 1.00 bits per heavy atom. The lowest BCUT2D eigenvalue weighted by molar-refractivity contribution is -0.122. The van der Waals surface area contributed by atoms with E-state index in [0.29, 0.717) is 11.1 Å². The summed E-state index contributed by atoms with van der Waals surface area (Å²) in [6.07, 6.45) is 0. The van der Waals surface area contributed by atoms with Crippen molar-refractivity contribution in [2.75, 3.05) is 6.61 Å². The molecule has 20 heavy (non-hydrogen) atoms. The van der Waals surface area contributed by atoms with Crippen LogP contribution in [-0.4, -0.2) is 23.3 Å². The van der Waals surface area contributed by atoms with Crippen LogP contribution >= 0.6 is 0 Å². The number of ketones is 2. The fourth-order valence-corrected chi connectivity index (χ4v) is 2.03. The first-order valence-electron chi connectivity index (χ1n) is 6.46. The zero-order valence-electron chi connectivity index (χ0n) is 11.2. The largest absolute Gasteiger partial charge is 0.389 e. The molecule has 1 unspecified atom stereocenters. The summed E-state index contributed by atoms with van der Waals surface area (Å²) in [6.45, 7) is 1.24. The van der Waals surface area contributed by atoms with E-state index in [0.717, 1.165) is 5.56 Å². The van der Waals surface area contributed by atoms with E-state index in [2.05, 4.69) is 0 Å². The average molecular weight is 268 g/mol. The predicted octanol–water partition coefficient (Wildman–Crippen LogP) is 2.58. The standard InChI is InChI=1S/C17H16O3/c1-12(16(19)11-18)14-8-5-9-15(10-14)17(20)13-6-3-2-4-7-13/h2-10,12,18H,11H2,1H3. The minimum atomic E-state index is -0.488. The Kier molecular flexibility index (Phi) is 4.43. The van der Waals surface area contributed by atoms with Crippen LogP contribution in [0.2, 0.25) is 0 Å². The molecule has 0 aromatic heterocycles. The highest BCUT2D eigenvalue weighted by Crippen LogP contribution is 2.19. The SMILES string of the molecule is CC(C(=O)CO)c1cccc(C(=O)c2ccccc2)c1. The van der Waals surface area contributed by atoms with E-state index in [1.807, 2.05) is 18.2 Å². The molecular formula is C17H16O3. The van der Waals surface area contributed by atoms with Crippen LogP contribution in [0.15, 0.2) is 54.6 Å². The van der Waals surface area contributed by atoms with E-state index in [-0.39, 0.29) is 11.6 Å². The Bertz CT molecular complexity index is 617. The third kappa shape index (κ3) is 3.00. The van der Waals surface area contributed by atoms with Crippen molar-refractivity contribution in [3.05, 3.63) is 71.3 Å². The van der Waals surface area contributed by atoms with Gasteiger partial charge in [0, 0.05) is 17.0 Å². The lowest BCUT2D eigenvalue weighted by atomic mass is 9.93. The molecule has 102 valence electrons. The van der Waals surface area contributed by atoms with Crippen molar-refractivity contribution in [1.82, 2.24) is 0 Å². The topological polar surface area (TPSA) is 54.4 Å². The highest BCUT2D eigenvalue weighted by molar-refractivity contribution is 6.09. The summed E-state index contributed by atoms with van der Waals surface area (Å²) in [7, 11) is 0. The van der Waals surface area contributed by atoms with Gasteiger partial charge in [-0.15, -0.1) is 0 Å². The molecule has 0 amide bonds. The maximum atomic E-state index is 12.3. The minimum absolute atomic E-state index is 0.0731. The van der Waals surface area contributed by atoms with Crippen molar-refractivity contribution in [2.45, 2.75) is 12.8 Å². The summed E-state index contributed by atoms with van der Waals surface area (Å²) >= 11 is 0. The zero-order valence-corrected chi connectivity index (χ0v) is 11.2. The second kappa shape index (κ2) is 6.26. The zero-order chi connectivity index (χ0) is 14.5. The molecule has 0 spiro atoms. The molecule has 0 saturated carbocycles. The maximum Gasteiger partial charge on any atom is 0.193 e. The van der Waals surface area contributed by atoms with Crippen molar-refractivity contribution in [2.24, 2.45) is 0 Å². The minimum Gasteiger partial charge on any atom is -0.389 e. The van der Waals surface area contributed by atoms with Crippen LogP contribution < -0.4 is 0 Å². The number of benzene rings is 2. The second-order valence-electron chi connectivity index (χ2n) is 4.67. The lowest BCUT2D eigenvalue weighted by Gasteiger charge is -2.10. The maximum absolute atomic E-state index is 12.3. The van der Waals surface area contributed by atoms with E-state index < -0.39 is 12.5 Å². The summed E-state index contributed by atoms with van der Waals surface area (Å²) in [6, 6.07) is 16.0. The van der Waals surface area contributed by atoms with Gasteiger partial charge in [-0.1, -0.05) is 55.5 Å². The molecule has 3 nitrogen and oxygen atoms in total. The molecule has 1 N–H and O–H groups in total. The first-order valence-corrected chi connectivity index (χ1v) is 6.46. The quantitative estimate of drug-likeness (QED) is 0.848. The molecule has 0 fully saturated rings. The van der Waals surface area contributed by atoms with Crippen LogP contribution in [0.25, 0.3) is 0 Å². The summed E-state index contributed by atoms with van der Waals surface area (Å²) in [5.41, 5.74) is 1.91. The fraction of sp³-hybridized carbons (Fsp3) is 0.176. The predicted molar refractivity (Wildman–Crippen MR) is 76.8 cm³/mol. The first-order chi connectivity index (χ1) is 9.63. The van der Waals surface area contributed by atoms with Crippen LogP contribution in [0.5, 0.6) is 0 Å². The van der Waals surface area contributed by atoms with E-state index in [4.69, 9.17) is 5.11 Å². The number of Topliss-reactive ketones (excluding diaryl/α,β-unsaturated/α-hetero) is 1. The van der Waals surface area contributed by atoms with Crippen LogP contribution in [0, 0.1) is 0 Å².